The highest BCUT2D eigenvalue weighted by Crippen LogP contribution is 2.25. The summed E-state index contributed by atoms with van der Waals surface area (Å²) in [5, 5.41) is 27.8. The molecule has 1 aromatic carbocycles. The minimum atomic E-state index is -0.781. The summed E-state index contributed by atoms with van der Waals surface area (Å²) >= 11 is 0. The van der Waals surface area contributed by atoms with Crippen molar-refractivity contribution in [2.45, 2.75) is 83.5 Å². The second kappa shape index (κ2) is 15.7. The van der Waals surface area contributed by atoms with Crippen molar-refractivity contribution in [3.8, 4) is 5.75 Å². The van der Waals surface area contributed by atoms with Crippen molar-refractivity contribution in [3.63, 3.8) is 0 Å². The van der Waals surface area contributed by atoms with E-state index in [0.717, 1.165) is 18.8 Å². The number of aliphatic hydroxyl groups is 1. The van der Waals surface area contributed by atoms with Crippen LogP contribution in [0, 0.1) is 17.8 Å². The Kier molecular flexibility index (Phi) is 12.8. The average molecular weight is 443 g/mol. The van der Waals surface area contributed by atoms with Crippen LogP contribution in [0.2, 0.25) is 0 Å². The van der Waals surface area contributed by atoms with Crippen LogP contribution in [0.1, 0.15) is 82.6 Å². The summed E-state index contributed by atoms with van der Waals surface area (Å²) in [5.41, 5.74) is 1.24. The molecule has 0 aromatic heterocycles. The molecule has 0 spiro atoms. The van der Waals surface area contributed by atoms with Gasteiger partial charge in [-0.05, 0) is 87.3 Å². The number of hydrogen-bond acceptors (Lipinski definition) is 3. The molecule has 0 bridgehead atoms. The van der Waals surface area contributed by atoms with E-state index >= 15 is 0 Å². The first-order valence-corrected chi connectivity index (χ1v) is 12.5. The molecule has 0 amide bonds. The van der Waals surface area contributed by atoms with Crippen LogP contribution < -0.4 is 0 Å². The Balaban J connectivity index is 1.77. The van der Waals surface area contributed by atoms with Crippen molar-refractivity contribution >= 4 is 5.97 Å². The molecule has 32 heavy (non-hydrogen) atoms. The van der Waals surface area contributed by atoms with Crippen LogP contribution in [0.5, 0.6) is 5.75 Å². The largest absolute Gasteiger partial charge is 0.508 e. The molecule has 4 nitrogen and oxygen atoms in total. The molecule has 3 atom stereocenters. The maximum absolute atomic E-state index is 11.4. The van der Waals surface area contributed by atoms with E-state index in [9.17, 15) is 15.0 Å². The highest BCUT2D eigenvalue weighted by molar-refractivity contribution is 5.70. The number of aliphatic carboxylic acids is 1. The standard InChI is InChI=1S/C28H42O4/c29-21-9-16-26(28(31)32)15-8-7-14-24(22-25-17-19-27(30)20-18-25)13-4-2-1-3-10-23-11-5-6-12-23/h5,7-8,11,17-20,23-24,26,29-30H,1-4,6,9-10,12-16,21-22H2,(H,31,32)/b8-7+/t23-,24+,26+/m1/s1. The van der Waals surface area contributed by atoms with Gasteiger partial charge in [0.25, 0.3) is 0 Å². The zero-order valence-electron chi connectivity index (χ0n) is 19.5. The highest BCUT2D eigenvalue weighted by atomic mass is 16.4. The molecule has 2 rings (SSSR count). The lowest BCUT2D eigenvalue weighted by Crippen LogP contribution is -2.13. The van der Waals surface area contributed by atoms with E-state index in [1.807, 2.05) is 18.2 Å². The van der Waals surface area contributed by atoms with Gasteiger partial charge < -0.3 is 15.3 Å². The fourth-order valence-corrected chi connectivity index (χ4v) is 4.63. The van der Waals surface area contributed by atoms with Gasteiger partial charge in [0.05, 0.1) is 5.92 Å². The summed E-state index contributed by atoms with van der Waals surface area (Å²) in [6, 6.07) is 7.49. The Bertz CT molecular complexity index is 692. The summed E-state index contributed by atoms with van der Waals surface area (Å²) < 4.78 is 0. The molecule has 0 saturated carbocycles. The molecular formula is C28H42O4. The number of carboxylic acid groups (broad SMARTS) is 1. The number of benzene rings is 1. The van der Waals surface area contributed by atoms with Gasteiger partial charge in [-0.15, -0.1) is 0 Å². The first kappa shape index (κ1) is 26.2. The van der Waals surface area contributed by atoms with Crippen molar-refractivity contribution in [3.05, 3.63) is 54.1 Å². The lowest BCUT2D eigenvalue weighted by Gasteiger charge is -2.16. The number of phenolic OH excluding ortho intramolecular Hbond substituents is 1. The van der Waals surface area contributed by atoms with E-state index in [1.165, 1.54) is 56.9 Å². The minimum absolute atomic E-state index is 0.0412. The third-order valence-corrected chi connectivity index (χ3v) is 6.63. The Morgan fingerprint density at radius 2 is 1.75 bits per heavy atom. The van der Waals surface area contributed by atoms with Crippen molar-refractivity contribution in [2.24, 2.45) is 17.8 Å². The van der Waals surface area contributed by atoms with Crippen molar-refractivity contribution in [1.82, 2.24) is 0 Å². The lowest BCUT2D eigenvalue weighted by atomic mass is 9.90. The fraction of sp³-hybridized carbons (Fsp3) is 0.607. The van der Waals surface area contributed by atoms with E-state index in [4.69, 9.17) is 5.11 Å². The molecule has 0 aliphatic heterocycles. The van der Waals surface area contributed by atoms with E-state index in [0.29, 0.717) is 30.9 Å². The Morgan fingerprint density at radius 1 is 1.00 bits per heavy atom. The van der Waals surface area contributed by atoms with Gasteiger partial charge in [-0.25, -0.2) is 0 Å². The van der Waals surface area contributed by atoms with E-state index in [-0.39, 0.29) is 6.61 Å². The van der Waals surface area contributed by atoms with Crippen LogP contribution in [-0.2, 0) is 11.2 Å². The second-order valence-electron chi connectivity index (χ2n) is 9.34. The third kappa shape index (κ3) is 11.0. The monoisotopic (exact) mass is 442 g/mol. The van der Waals surface area contributed by atoms with Crippen LogP contribution in [0.4, 0.5) is 0 Å². The number of hydrogen-bond donors (Lipinski definition) is 3. The van der Waals surface area contributed by atoms with E-state index in [1.54, 1.807) is 12.1 Å². The van der Waals surface area contributed by atoms with Crippen LogP contribution >= 0.6 is 0 Å². The predicted molar refractivity (Wildman–Crippen MR) is 131 cm³/mol. The highest BCUT2D eigenvalue weighted by Gasteiger charge is 2.15. The molecular weight excluding hydrogens is 400 g/mol. The molecule has 4 heteroatoms. The number of phenols is 1. The molecule has 3 N–H and O–H groups in total. The predicted octanol–water partition coefficient (Wildman–Crippen LogP) is 6.67. The van der Waals surface area contributed by atoms with Gasteiger partial charge in [-0.1, -0.05) is 62.1 Å². The van der Waals surface area contributed by atoms with E-state index < -0.39 is 11.9 Å². The fourth-order valence-electron chi connectivity index (χ4n) is 4.63. The number of aromatic hydroxyl groups is 1. The second-order valence-corrected chi connectivity index (χ2v) is 9.34. The number of carbonyl (C=O) groups is 1. The molecule has 0 unspecified atom stereocenters. The van der Waals surface area contributed by atoms with Gasteiger partial charge in [0.1, 0.15) is 5.75 Å². The smallest absolute Gasteiger partial charge is 0.306 e. The van der Waals surface area contributed by atoms with E-state index in [2.05, 4.69) is 18.2 Å². The Hall–Kier alpha value is -2.07. The van der Waals surface area contributed by atoms with Crippen LogP contribution in [0.3, 0.4) is 0 Å². The molecule has 0 saturated heterocycles. The maximum atomic E-state index is 11.4. The molecule has 1 aliphatic rings. The van der Waals surface area contributed by atoms with Gasteiger partial charge >= 0.3 is 5.97 Å². The zero-order chi connectivity index (χ0) is 23.0. The first-order chi connectivity index (χ1) is 15.6. The Morgan fingerprint density at radius 3 is 2.44 bits per heavy atom. The van der Waals surface area contributed by atoms with Crippen molar-refractivity contribution in [1.29, 1.82) is 0 Å². The topological polar surface area (TPSA) is 77.8 Å². The summed E-state index contributed by atoms with van der Waals surface area (Å²) in [5.74, 6) is 0.439. The Labute approximate surface area is 194 Å². The third-order valence-electron chi connectivity index (χ3n) is 6.63. The quantitative estimate of drug-likeness (QED) is 0.186. The lowest BCUT2D eigenvalue weighted by molar-refractivity contribution is -0.141. The zero-order valence-corrected chi connectivity index (χ0v) is 19.5. The van der Waals surface area contributed by atoms with Crippen LogP contribution in [0.15, 0.2) is 48.6 Å². The molecule has 178 valence electrons. The van der Waals surface area contributed by atoms with Crippen LogP contribution in [-0.4, -0.2) is 27.9 Å². The molecule has 1 aliphatic carbocycles. The molecule has 0 fully saturated rings. The summed E-state index contributed by atoms with van der Waals surface area (Å²) in [4.78, 5) is 11.4. The number of carboxylic acids is 1. The average Bonchev–Trinajstić information content (AvgIpc) is 3.30. The van der Waals surface area contributed by atoms with Crippen molar-refractivity contribution < 1.29 is 20.1 Å². The summed E-state index contributed by atoms with van der Waals surface area (Å²) in [6.45, 7) is 0.0412. The van der Waals surface area contributed by atoms with Gasteiger partial charge in [0, 0.05) is 6.61 Å². The number of unbranched alkanes of at least 4 members (excludes halogenated alkanes) is 3. The normalized spacial score (nSPS) is 17.7. The number of allylic oxidation sites excluding steroid dienone is 4. The first-order valence-electron chi connectivity index (χ1n) is 12.5. The molecule has 0 radical (unpaired) electrons. The number of rotatable bonds is 17. The van der Waals surface area contributed by atoms with Crippen molar-refractivity contribution in [2.75, 3.05) is 6.61 Å². The molecule has 0 heterocycles. The van der Waals surface area contributed by atoms with Gasteiger partial charge in [-0.3, -0.25) is 4.79 Å². The SMILES string of the molecule is O=C(O)[C@@H](C/C=C/C[C@H](CCCCCC[C@@H]1C=CCC1)Cc1ccc(O)cc1)CCCO. The summed E-state index contributed by atoms with van der Waals surface area (Å²) in [6.07, 6.45) is 22.6. The maximum Gasteiger partial charge on any atom is 0.306 e. The van der Waals surface area contributed by atoms with Gasteiger partial charge in [0.15, 0.2) is 0 Å². The van der Waals surface area contributed by atoms with Gasteiger partial charge in [-0.2, -0.15) is 0 Å². The van der Waals surface area contributed by atoms with Gasteiger partial charge in [0.2, 0.25) is 0 Å². The van der Waals surface area contributed by atoms with Crippen LogP contribution in [0.25, 0.3) is 0 Å². The number of aliphatic hydroxyl groups excluding tert-OH is 1. The minimum Gasteiger partial charge on any atom is -0.508 e. The summed E-state index contributed by atoms with van der Waals surface area (Å²) in [7, 11) is 0. The molecule has 1 aromatic rings.